The zero-order valence-corrected chi connectivity index (χ0v) is 12.4. The number of phenols is 1. The first-order valence-corrected chi connectivity index (χ1v) is 7.28. The third kappa shape index (κ3) is 3.07. The lowest BCUT2D eigenvalue weighted by Crippen LogP contribution is -2.47. The highest BCUT2D eigenvalue weighted by Crippen LogP contribution is 2.34. The average molecular weight is 298 g/mol. The fourth-order valence-electron chi connectivity index (χ4n) is 2.88. The molecule has 1 atom stereocenters. The van der Waals surface area contributed by atoms with E-state index in [1.807, 2.05) is 13.0 Å². The highest BCUT2D eigenvalue weighted by molar-refractivity contribution is 6.32. The Hall–Kier alpha value is -1.26. The van der Waals surface area contributed by atoms with E-state index in [9.17, 15) is 15.0 Å². The molecule has 5 heteroatoms. The van der Waals surface area contributed by atoms with Crippen LogP contribution in [0.2, 0.25) is 5.02 Å². The number of carboxylic acid groups (broad SMARTS) is 1. The summed E-state index contributed by atoms with van der Waals surface area (Å²) in [5.41, 5.74) is 0.365. The van der Waals surface area contributed by atoms with Crippen LogP contribution in [0.15, 0.2) is 18.2 Å². The van der Waals surface area contributed by atoms with Crippen LogP contribution in [0.4, 0.5) is 0 Å². The first-order chi connectivity index (χ1) is 9.47. The number of nitrogens with zero attached hydrogens (tertiary/aromatic N) is 1. The van der Waals surface area contributed by atoms with Gasteiger partial charge in [-0.3, -0.25) is 9.69 Å². The van der Waals surface area contributed by atoms with Crippen molar-refractivity contribution in [1.29, 1.82) is 0 Å². The lowest BCUT2D eigenvalue weighted by Gasteiger charge is -2.39. The molecule has 0 bridgehead atoms. The Morgan fingerprint density at radius 3 is 2.85 bits per heavy atom. The van der Waals surface area contributed by atoms with E-state index in [0.717, 1.165) is 24.9 Å². The van der Waals surface area contributed by atoms with Crippen LogP contribution < -0.4 is 0 Å². The normalized spacial score (nSPS) is 23.7. The quantitative estimate of drug-likeness (QED) is 0.896. The fourth-order valence-corrected chi connectivity index (χ4v) is 3.09. The van der Waals surface area contributed by atoms with Gasteiger partial charge in [-0.2, -0.15) is 0 Å². The minimum Gasteiger partial charge on any atom is -0.506 e. The molecule has 0 amide bonds. The van der Waals surface area contributed by atoms with Crippen molar-refractivity contribution in [3.05, 3.63) is 28.8 Å². The van der Waals surface area contributed by atoms with Crippen LogP contribution in [0.3, 0.4) is 0 Å². The smallest absolute Gasteiger partial charge is 0.310 e. The van der Waals surface area contributed by atoms with Crippen molar-refractivity contribution in [2.45, 2.75) is 32.7 Å². The van der Waals surface area contributed by atoms with Gasteiger partial charge in [-0.05, 0) is 43.5 Å². The van der Waals surface area contributed by atoms with Crippen molar-refractivity contribution < 1.29 is 15.0 Å². The number of carboxylic acids is 1. The molecular weight excluding hydrogens is 278 g/mol. The molecule has 0 radical (unpaired) electrons. The Balaban J connectivity index is 2.09. The standard InChI is InChI=1S/C15H20ClNO3/c1-2-15(14(19)20)6-3-7-17(10-15)9-11-4-5-13(18)12(16)8-11/h4-5,8,18H,2-3,6-7,9-10H2,1H3,(H,19,20). The lowest BCUT2D eigenvalue weighted by atomic mass is 9.77. The molecule has 2 rings (SSSR count). The Labute approximate surface area is 124 Å². The van der Waals surface area contributed by atoms with Crippen molar-refractivity contribution in [2.24, 2.45) is 5.41 Å². The van der Waals surface area contributed by atoms with Crippen LogP contribution in [0.25, 0.3) is 0 Å². The summed E-state index contributed by atoms with van der Waals surface area (Å²) in [6, 6.07) is 5.13. The van der Waals surface area contributed by atoms with E-state index in [2.05, 4.69) is 4.90 Å². The van der Waals surface area contributed by atoms with Crippen LogP contribution >= 0.6 is 11.6 Å². The molecule has 1 aliphatic heterocycles. The highest BCUT2D eigenvalue weighted by Gasteiger charge is 2.40. The SMILES string of the molecule is CCC1(C(=O)O)CCCN(Cc2ccc(O)c(Cl)c2)C1. The number of likely N-dealkylation sites (tertiary alicyclic amines) is 1. The largest absolute Gasteiger partial charge is 0.506 e. The van der Waals surface area contributed by atoms with Gasteiger partial charge in [0.1, 0.15) is 5.75 Å². The van der Waals surface area contributed by atoms with Gasteiger partial charge >= 0.3 is 5.97 Å². The van der Waals surface area contributed by atoms with Gasteiger partial charge in [-0.25, -0.2) is 0 Å². The molecule has 0 aromatic heterocycles. The predicted octanol–water partition coefficient (Wildman–Crippen LogP) is 3.12. The van der Waals surface area contributed by atoms with Gasteiger partial charge in [-0.1, -0.05) is 24.6 Å². The van der Waals surface area contributed by atoms with E-state index in [4.69, 9.17) is 11.6 Å². The Morgan fingerprint density at radius 2 is 2.25 bits per heavy atom. The number of halogens is 1. The van der Waals surface area contributed by atoms with E-state index in [0.29, 0.717) is 24.5 Å². The zero-order chi connectivity index (χ0) is 14.8. The number of carbonyl (C=O) groups is 1. The molecule has 110 valence electrons. The van der Waals surface area contributed by atoms with Gasteiger partial charge in [0.05, 0.1) is 10.4 Å². The van der Waals surface area contributed by atoms with Crippen LogP contribution in [-0.2, 0) is 11.3 Å². The molecule has 1 fully saturated rings. The van der Waals surface area contributed by atoms with Crippen molar-refractivity contribution >= 4 is 17.6 Å². The molecule has 0 saturated carbocycles. The summed E-state index contributed by atoms with van der Waals surface area (Å²) in [6.45, 7) is 4.06. The maximum absolute atomic E-state index is 11.5. The second-order valence-electron chi connectivity index (χ2n) is 5.54. The van der Waals surface area contributed by atoms with Crippen LogP contribution in [-0.4, -0.2) is 34.2 Å². The number of hydrogen-bond donors (Lipinski definition) is 2. The topological polar surface area (TPSA) is 60.8 Å². The Bertz CT molecular complexity index is 506. The monoisotopic (exact) mass is 297 g/mol. The number of aromatic hydroxyl groups is 1. The molecule has 1 aromatic rings. The number of rotatable bonds is 4. The van der Waals surface area contributed by atoms with Gasteiger partial charge in [0.15, 0.2) is 0 Å². The number of aliphatic carboxylic acids is 1. The maximum atomic E-state index is 11.5. The summed E-state index contributed by atoms with van der Waals surface area (Å²) < 4.78 is 0. The van der Waals surface area contributed by atoms with Gasteiger partial charge in [0.2, 0.25) is 0 Å². The summed E-state index contributed by atoms with van der Waals surface area (Å²) in [7, 11) is 0. The molecule has 1 aliphatic rings. The predicted molar refractivity (Wildman–Crippen MR) is 78.0 cm³/mol. The highest BCUT2D eigenvalue weighted by atomic mass is 35.5. The summed E-state index contributed by atoms with van der Waals surface area (Å²) >= 11 is 5.90. The molecule has 1 aromatic carbocycles. The van der Waals surface area contributed by atoms with Gasteiger partial charge in [-0.15, -0.1) is 0 Å². The number of hydrogen-bond acceptors (Lipinski definition) is 3. The Kier molecular flexibility index (Phi) is 4.55. The third-order valence-corrected chi connectivity index (χ3v) is 4.51. The second-order valence-corrected chi connectivity index (χ2v) is 5.95. The summed E-state index contributed by atoms with van der Waals surface area (Å²) in [5, 5.41) is 19.2. The van der Waals surface area contributed by atoms with E-state index in [1.54, 1.807) is 12.1 Å². The van der Waals surface area contributed by atoms with Crippen molar-refractivity contribution in [1.82, 2.24) is 4.90 Å². The average Bonchev–Trinajstić information content (AvgIpc) is 2.43. The minimum atomic E-state index is -0.701. The van der Waals surface area contributed by atoms with Crippen molar-refractivity contribution in [3.63, 3.8) is 0 Å². The van der Waals surface area contributed by atoms with Crippen LogP contribution in [0.5, 0.6) is 5.75 Å². The minimum absolute atomic E-state index is 0.0718. The van der Waals surface area contributed by atoms with Gasteiger partial charge in [0.25, 0.3) is 0 Å². The first-order valence-electron chi connectivity index (χ1n) is 6.90. The van der Waals surface area contributed by atoms with Crippen LogP contribution in [0.1, 0.15) is 31.7 Å². The summed E-state index contributed by atoms with van der Waals surface area (Å²) in [5.74, 6) is -0.629. The molecule has 20 heavy (non-hydrogen) atoms. The number of benzene rings is 1. The fraction of sp³-hybridized carbons (Fsp3) is 0.533. The van der Waals surface area contributed by atoms with E-state index >= 15 is 0 Å². The molecule has 0 spiro atoms. The second kappa shape index (κ2) is 6.02. The molecule has 1 heterocycles. The van der Waals surface area contributed by atoms with E-state index < -0.39 is 11.4 Å². The molecule has 0 aliphatic carbocycles. The Morgan fingerprint density at radius 1 is 1.50 bits per heavy atom. The van der Waals surface area contributed by atoms with E-state index in [1.165, 1.54) is 0 Å². The zero-order valence-electron chi connectivity index (χ0n) is 11.6. The molecule has 2 N–H and O–H groups in total. The summed E-state index contributed by atoms with van der Waals surface area (Å²) in [6.07, 6.45) is 2.28. The number of phenolic OH excluding ortho intramolecular Hbond substituents is 1. The van der Waals surface area contributed by atoms with Crippen molar-refractivity contribution in [2.75, 3.05) is 13.1 Å². The third-order valence-electron chi connectivity index (χ3n) is 4.20. The van der Waals surface area contributed by atoms with Crippen molar-refractivity contribution in [3.8, 4) is 5.75 Å². The molecule has 1 unspecified atom stereocenters. The summed E-state index contributed by atoms with van der Waals surface area (Å²) in [4.78, 5) is 13.7. The first kappa shape index (κ1) is 15.1. The lowest BCUT2D eigenvalue weighted by molar-refractivity contribution is -0.153. The molecular formula is C15H20ClNO3. The maximum Gasteiger partial charge on any atom is 0.310 e. The van der Waals surface area contributed by atoms with E-state index in [-0.39, 0.29) is 5.75 Å². The molecule has 4 nitrogen and oxygen atoms in total. The number of piperidine rings is 1. The van der Waals surface area contributed by atoms with Gasteiger partial charge in [0, 0.05) is 13.1 Å². The van der Waals surface area contributed by atoms with Crippen LogP contribution in [0, 0.1) is 5.41 Å². The van der Waals surface area contributed by atoms with Gasteiger partial charge < -0.3 is 10.2 Å². The molecule has 1 saturated heterocycles.